The Labute approximate surface area is 125 Å². The number of benzene rings is 1. The number of ether oxygens (including phenoxy) is 1. The molecule has 0 aliphatic carbocycles. The second-order valence-corrected chi connectivity index (χ2v) is 4.51. The number of rotatable bonds is 3. The summed E-state index contributed by atoms with van der Waals surface area (Å²) in [5.74, 6) is -0.561. The van der Waals surface area contributed by atoms with Gasteiger partial charge in [0.1, 0.15) is 6.26 Å². The topological polar surface area (TPSA) is 81.4 Å². The maximum atomic E-state index is 12.2. The molecule has 0 fully saturated rings. The van der Waals surface area contributed by atoms with Gasteiger partial charge in [0.25, 0.3) is 5.91 Å². The Hall–Kier alpha value is -3.15. The lowest BCUT2D eigenvalue weighted by Crippen LogP contribution is -2.15. The molecule has 1 aromatic carbocycles. The van der Waals surface area contributed by atoms with Crippen molar-refractivity contribution < 1.29 is 13.9 Å². The van der Waals surface area contributed by atoms with Crippen LogP contribution in [0.25, 0.3) is 10.9 Å². The monoisotopic (exact) mass is 296 g/mol. The van der Waals surface area contributed by atoms with Gasteiger partial charge >= 0.3 is 0 Å². The predicted molar refractivity (Wildman–Crippen MR) is 81.2 cm³/mol. The Morgan fingerprint density at radius 2 is 2.14 bits per heavy atom. The van der Waals surface area contributed by atoms with Gasteiger partial charge in [0.2, 0.25) is 11.2 Å². The van der Waals surface area contributed by atoms with Crippen molar-refractivity contribution >= 4 is 22.5 Å². The van der Waals surface area contributed by atoms with Crippen molar-refractivity contribution in [1.29, 1.82) is 0 Å². The number of carbonyl (C=O) groups is 1. The molecule has 3 aromatic rings. The fourth-order valence-electron chi connectivity index (χ4n) is 2.06. The maximum absolute atomic E-state index is 12.2. The van der Waals surface area contributed by atoms with Crippen molar-refractivity contribution in [1.82, 2.24) is 4.98 Å². The molecule has 0 bridgehead atoms. The number of amides is 1. The first kappa shape index (κ1) is 13.8. The first-order valence-electron chi connectivity index (χ1n) is 6.51. The van der Waals surface area contributed by atoms with E-state index in [1.54, 1.807) is 24.4 Å². The zero-order chi connectivity index (χ0) is 15.5. The molecular weight excluding hydrogens is 284 g/mol. The summed E-state index contributed by atoms with van der Waals surface area (Å²) in [6.45, 7) is 0. The van der Waals surface area contributed by atoms with Crippen LogP contribution < -0.4 is 15.5 Å². The van der Waals surface area contributed by atoms with Gasteiger partial charge in [-0.3, -0.25) is 14.6 Å². The van der Waals surface area contributed by atoms with Gasteiger partial charge in [0.15, 0.2) is 5.76 Å². The van der Waals surface area contributed by atoms with Crippen LogP contribution in [-0.4, -0.2) is 18.0 Å². The molecule has 6 nitrogen and oxygen atoms in total. The third-order valence-electron chi connectivity index (χ3n) is 3.14. The number of aromatic nitrogens is 1. The molecule has 1 amide bonds. The zero-order valence-corrected chi connectivity index (χ0v) is 11.7. The summed E-state index contributed by atoms with van der Waals surface area (Å²) in [4.78, 5) is 28.1. The van der Waals surface area contributed by atoms with E-state index in [1.165, 1.54) is 7.11 Å². The summed E-state index contributed by atoms with van der Waals surface area (Å²) in [6.07, 6.45) is 2.79. The quantitative estimate of drug-likeness (QED) is 0.803. The molecule has 6 heteroatoms. The fourth-order valence-corrected chi connectivity index (χ4v) is 2.06. The van der Waals surface area contributed by atoms with E-state index in [1.807, 2.05) is 12.1 Å². The zero-order valence-electron chi connectivity index (χ0n) is 11.7. The highest BCUT2D eigenvalue weighted by Crippen LogP contribution is 2.21. The van der Waals surface area contributed by atoms with Crippen molar-refractivity contribution in [2.45, 2.75) is 0 Å². The predicted octanol–water partition coefficient (Wildman–Crippen LogP) is 2.45. The molecule has 0 radical (unpaired) electrons. The van der Waals surface area contributed by atoms with Crippen LogP contribution in [0.1, 0.15) is 10.6 Å². The first-order chi connectivity index (χ1) is 10.7. The van der Waals surface area contributed by atoms with Crippen LogP contribution >= 0.6 is 0 Å². The summed E-state index contributed by atoms with van der Waals surface area (Å²) in [7, 11) is 1.36. The van der Waals surface area contributed by atoms with Crippen LogP contribution in [-0.2, 0) is 0 Å². The second-order valence-electron chi connectivity index (χ2n) is 4.51. The number of hydrogen-bond donors (Lipinski definition) is 1. The minimum absolute atomic E-state index is 0.0471. The normalized spacial score (nSPS) is 10.4. The van der Waals surface area contributed by atoms with Gasteiger partial charge in [0.05, 0.1) is 18.3 Å². The molecule has 0 spiro atoms. The summed E-state index contributed by atoms with van der Waals surface area (Å²) in [6, 6.07) is 10.1. The minimum atomic E-state index is -0.517. The number of hydrogen-bond acceptors (Lipinski definition) is 5. The van der Waals surface area contributed by atoms with E-state index in [4.69, 9.17) is 9.15 Å². The van der Waals surface area contributed by atoms with E-state index in [9.17, 15) is 9.59 Å². The van der Waals surface area contributed by atoms with E-state index in [0.717, 1.165) is 23.2 Å². The smallest absolute Gasteiger partial charge is 0.291 e. The molecule has 0 aliphatic rings. The van der Waals surface area contributed by atoms with E-state index >= 15 is 0 Å². The highest BCUT2D eigenvalue weighted by molar-refractivity contribution is 6.07. The van der Waals surface area contributed by atoms with E-state index < -0.39 is 11.3 Å². The molecule has 2 heterocycles. The Balaban J connectivity index is 1.93. The number of methoxy groups -OCH3 is 1. The van der Waals surface area contributed by atoms with Crippen LogP contribution in [0.4, 0.5) is 5.69 Å². The lowest BCUT2D eigenvalue weighted by atomic mass is 10.2. The molecule has 22 heavy (non-hydrogen) atoms. The Morgan fingerprint density at radius 1 is 1.27 bits per heavy atom. The van der Waals surface area contributed by atoms with Crippen molar-refractivity contribution in [3.8, 4) is 5.75 Å². The Kier molecular flexibility index (Phi) is 3.57. The molecule has 0 saturated carbocycles. The van der Waals surface area contributed by atoms with Crippen molar-refractivity contribution in [2.75, 3.05) is 12.4 Å². The summed E-state index contributed by atoms with van der Waals surface area (Å²) >= 11 is 0. The number of carbonyl (C=O) groups excluding carboxylic acids is 1. The van der Waals surface area contributed by atoms with E-state index in [2.05, 4.69) is 10.3 Å². The van der Waals surface area contributed by atoms with Gasteiger partial charge in [-0.25, -0.2) is 0 Å². The van der Waals surface area contributed by atoms with Crippen LogP contribution in [0.15, 0.2) is 58.1 Å². The van der Waals surface area contributed by atoms with Crippen LogP contribution in [0.2, 0.25) is 0 Å². The lowest BCUT2D eigenvalue weighted by Gasteiger charge is -2.07. The standard InChI is InChI=1S/C16H12N2O4/c1-21-15-9-22-14(8-13(15)19)16(20)18-12-6-2-5-11-10(12)4-3-7-17-11/h2-9H,1H3,(H,18,20). The van der Waals surface area contributed by atoms with Crippen molar-refractivity contribution in [3.05, 3.63) is 64.8 Å². The van der Waals surface area contributed by atoms with Gasteiger partial charge in [0, 0.05) is 17.6 Å². The van der Waals surface area contributed by atoms with Crippen LogP contribution in [0.5, 0.6) is 5.75 Å². The molecule has 0 saturated heterocycles. The second kappa shape index (κ2) is 5.69. The Morgan fingerprint density at radius 3 is 2.91 bits per heavy atom. The molecule has 1 N–H and O–H groups in total. The van der Waals surface area contributed by atoms with Crippen molar-refractivity contribution in [3.63, 3.8) is 0 Å². The lowest BCUT2D eigenvalue weighted by molar-refractivity contribution is 0.0994. The number of pyridine rings is 1. The first-order valence-corrected chi connectivity index (χ1v) is 6.51. The van der Waals surface area contributed by atoms with Crippen LogP contribution in [0.3, 0.4) is 0 Å². The average Bonchev–Trinajstić information content (AvgIpc) is 2.55. The summed E-state index contributed by atoms with van der Waals surface area (Å²) in [5, 5.41) is 3.51. The summed E-state index contributed by atoms with van der Waals surface area (Å²) < 4.78 is 9.93. The highest BCUT2D eigenvalue weighted by atomic mass is 16.5. The number of fused-ring (bicyclic) bond motifs is 1. The van der Waals surface area contributed by atoms with E-state index in [-0.39, 0.29) is 11.5 Å². The highest BCUT2D eigenvalue weighted by Gasteiger charge is 2.13. The number of nitrogens with one attached hydrogen (secondary N) is 1. The molecule has 3 rings (SSSR count). The van der Waals surface area contributed by atoms with Gasteiger partial charge < -0.3 is 14.5 Å². The van der Waals surface area contributed by atoms with Crippen LogP contribution in [0, 0.1) is 0 Å². The number of anilines is 1. The minimum Gasteiger partial charge on any atom is -0.490 e. The molecule has 0 atom stereocenters. The summed E-state index contributed by atoms with van der Waals surface area (Å²) in [5.41, 5.74) is 0.934. The third-order valence-corrected chi connectivity index (χ3v) is 3.14. The molecule has 2 aromatic heterocycles. The van der Waals surface area contributed by atoms with Gasteiger partial charge in [-0.15, -0.1) is 0 Å². The SMILES string of the molecule is COc1coc(C(=O)Nc2cccc3ncccc23)cc1=O. The Bertz CT molecular complexity index is 897. The fraction of sp³-hybridized carbons (Fsp3) is 0.0625. The van der Waals surface area contributed by atoms with Gasteiger partial charge in [-0.1, -0.05) is 6.07 Å². The van der Waals surface area contributed by atoms with E-state index in [0.29, 0.717) is 5.69 Å². The number of nitrogens with zero attached hydrogens (tertiary/aromatic N) is 1. The third kappa shape index (κ3) is 2.54. The van der Waals surface area contributed by atoms with Gasteiger partial charge in [-0.2, -0.15) is 0 Å². The largest absolute Gasteiger partial charge is 0.490 e. The molecule has 0 aliphatic heterocycles. The molecular formula is C16H12N2O4. The molecule has 0 unspecified atom stereocenters. The molecule has 110 valence electrons. The maximum Gasteiger partial charge on any atom is 0.291 e. The van der Waals surface area contributed by atoms with Gasteiger partial charge in [-0.05, 0) is 24.3 Å². The average molecular weight is 296 g/mol. The van der Waals surface area contributed by atoms with Crippen molar-refractivity contribution in [2.24, 2.45) is 0 Å².